The number of carboxylic acid groups (broad SMARTS) is 1. The lowest BCUT2D eigenvalue weighted by molar-refractivity contribution is -0.139. The molecule has 6 nitrogen and oxygen atoms in total. The van der Waals surface area contributed by atoms with E-state index in [1.54, 1.807) is 6.07 Å². The van der Waals surface area contributed by atoms with E-state index in [0.29, 0.717) is 4.47 Å². The Balaban J connectivity index is 2.80. The standard InChI is InChI=1S/C12H12BrClN2O4/c13-6-1-2-7(8(14)5-6)11(18)16-9(12(19)20)3-4-10(15)17/h1-2,5,9H,3-4H2,(H2,15,17)(H,16,18)(H,19,20). The topological polar surface area (TPSA) is 109 Å². The van der Waals surface area contributed by atoms with Gasteiger partial charge >= 0.3 is 5.97 Å². The molecule has 0 aliphatic rings. The van der Waals surface area contributed by atoms with Gasteiger partial charge in [-0.25, -0.2) is 4.79 Å². The first-order valence-electron chi connectivity index (χ1n) is 5.58. The molecule has 1 unspecified atom stereocenters. The molecular weight excluding hydrogens is 351 g/mol. The average Bonchev–Trinajstić information content (AvgIpc) is 2.33. The van der Waals surface area contributed by atoms with Crippen LogP contribution in [0.1, 0.15) is 23.2 Å². The minimum absolute atomic E-state index is 0.0788. The van der Waals surface area contributed by atoms with Gasteiger partial charge in [0.25, 0.3) is 5.91 Å². The normalized spacial score (nSPS) is 11.7. The number of nitrogens with two attached hydrogens (primary N) is 1. The maximum atomic E-state index is 11.9. The number of carbonyl (C=O) groups excluding carboxylic acids is 2. The highest BCUT2D eigenvalue weighted by Crippen LogP contribution is 2.21. The number of amides is 2. The molecule has 0 spiro atoms. The van der Waals surface area contributed by atoms with Crippen LogP contribution in [0, 0.1) is 0 Å². The second kappa shape index (κ2) is 7.25. The Morgan fingerprint density at radius 3 is 2.55 bits per heavy atom. The van der Waals surface area contributed by atoms with Gasteiger partial charge < -0.3 is 16.2 Å². The van der Waals surface area contributed by atoms with Crippen LogP contribution in [0.4, 0.5) is 0 Å². The number of carboxylic acids is 1. The third-order valence-electron chi connectivity index (χ3n) is 2.46. The Morgan fingerprint density at radius 1 is 1.40 bits per heavy atom. The van der Waals surface area contributed by atoms with Crippen molar-refractivity contribution in [2.24, 2.45) is 5.73 Å². The first-order chi connectivity index (χ1) is 9.31. The zero-order chi connectivity index (χ0) is 15.3. The van der Waals surface area contributed by atoms with Crippen LogP contribution < -0.4 is 11.1 Å². The molecule has 0 saturated heterocycles. The third-order valence-corrected chi connectivity index (χ3v) is 3.26. The second-order valence-electron chi connectivity index (χ2n) is 3.99. The van der Waals surface area contributed by atoms with Crippen LogP contribution in [-0.4, -0.2) is 28.9 Å². The predicted octanol–water partition coefficient (Wildman–Crippen LogP) is 1.55. The Bertz CT molecular complexity index is 550. The minimum Gasteiger partial charge on any atom is -0.480 e. The quantitative estimate of drug-likeness (QED) is 0.712. The van der Waals surface area contributed by atoms with Crippen molar-refractivity contribution in [1.29, 1.82) is 0 Å². The molecule has 0 aliphatic carbocycles. The lowest BCUT2D eigenvalue weighted by Crippen LogP contribution is -2.41. The number of carbonyl (C=O) groups is 3. The van der Waals surface area contributed by atoms with E-state index >= 15 is 0 Å². The number of primary amides is 1. The number of rotatable bonds is 6. The van der Waals surface area contributed by atoms with Gasteiger partial charge in [-0.1, -0.05) is 27.5 Å². The van der Waals surface area contributed by atoms with Crippen LogP contribution in [0.3, 0.4) is 0 Å². The summed E-state index contributed by atoms with van der Waals surface area (Å²) in [5.74, 6) is -2.50. The van der Waals surface area contributed by atoms with E-state index in [0.717, 1.165) is 0 Å². The second-order valence-corrected chi connectivity index (χ2v) is 5.32. The largest absolute Gasteiger partial charge is 0.480 e. The molecule has 0 fully saturated rings. The number of hydrogen-bond acceptors (Lipinski definition) is 3. The minimum atomic E-state index is -1.24. The van der Waals surface area contributed by atoms with E-state index in [4.69, 9.17) is 22.4 Å². The van der Waals surface area contributed by atoms with E-state index in [9.17, 15) is 14.4 Å². The number of hydrogen-bond donors (Lipinski definition) is 3. The van der Waals surface area contributed by atoms with Crippen molar-refractivity contribution < 1.29 is 19.5 Å². The molecule has 0 heterocycles. The van der Waals surface area contributed by atoms with Gasteiger partial charge in [0, 0.05) is 10.9 Å². The van der Waals surface area contributed by atoms with Crippen molar-refractivity contribution in [3.63, 3.8) is 0 Å². The van der Waals surface area contributed by atoms with Crippen LogP contribution >= 0.6 is 27.5 Å². The Labute approximate surface area is 128 Å². The molecule has 1 atom stereocenters. The highest BCUT2D eigenvalue weighted by Gasteiger charge is 2.22. The molecule has 20 heavy (non-hydrogen) atoms. The Hall–Kier alpha value is -1.60. The lowest BCUT2D eigenvalue weighted by atomic mass is 10.1. The van der Waals surface area contributed by atoms with Gasteiger partial charge in [-0.2, -0.15) is 0 Å². The van der Waals surface area contributed by atoms with E-state index in [2.05, 4.69) is 21.2 Å². The lowest BCUT2D eigenvalue weighted by Gasteiger charge is -2.14. The number of nitrogens with one attached hydrogen (secondary N) is 1. The monoisotopic (exact) mass is 362 g/mol. The van der Waals surface area contributed by atoms with Crippen LogP contribution in [0.2, 0.25) is 5.02 Å². The van der Waals surface area contributed by atoms with Gasteiger partial charge in [-0.3, -0.25) is 9.59 Å². The van der Waals surface area contributed by atoms with Gasteiger partial charge in [0.15, 0.2) is 0 Å². The molecule has 1 rings (SSSR count). The third kappa shape index (κ3) is 4.82. The van der Waals surface area contributed by atoms with Gasteiger partial charge in [0.1, 0.15) is 6.04 Å². The van der Waals surface area contributed by atoms with Crippen molar-refractivity contribution in [1.82, 2.24) is 5.32 Å². The Morgan fingerprint density at radius 2 is 2.05 bits per heavy atom. The molecular formula is C12H12BrClN2O4. The van der Waals surface area contributed by atoms with Crippen molar-refractivity contribution in [2.75, 3.05) is 0 Å². The summed E-state index contributed by atoms with van der Waals surface area (Å²) in [6.45, 7) is 0. The van der Waals surface area contributed by atoms with Gasteiger partial charge in [-0.05, 0) is 24.6 Å². The van der Waals surface area contributed by atoms with E-state index < -0.39 is 23.8 Å². The van der Waals surface area contributed by atoms with Crippen LogP contribution in [0.15, 0.2) is 22.7 Å². The SMILES string of the molecule is NC(=O)CCC(NC(=O)c1ccc(Br)cc1Cl)C(=O)O. The smallest absolute Gasteiger partial charge is 0.326 e. The molecule has 1 aromatic carbocycles. The molecule has 0 radical (unpaired) electrons. The van der Waals surface area contributed by atoms with Crippen molar-refractivity contribution >= 4 is 45.3 Å². The summed E-state index contributed by atoms with van der Waals surface area (Å²) >= 11 is 9.10. The summed E-state index contributed by atoms with van der Waals surface area (Å²) in [6.07, 6.45) is -0.212. The summed E-state index contributed by atoms with van der Waals surface area (Å²) in [5, 5.41) is 11.5. The maximum Gasteiger partial charge on any atom is 0.326 e. The molecule has 8 heteroatoms. The van der Waals surface area contributed by atoms with Crippen molar-refractivity contribution in [3.8, 4) is 0 Å². The van der Waals surface area contributed by atoms with Crippen molar-refractivity contribution in [3.05, 3.63) is 33.3 Å². The molecule has 2 amide bonds. The van der Waals surface area contributed by atoms with E-state index in [1.807, 2.05) is 0 Å². The van der Waals surface area contributed by atoms with Gasteiger partial charge in [0.05, 0.1) is 10.6 Å². The summed E-state index contributed by atoms with van der Waals surface area (Å²) in [7, 11) is 0. The zero-order valence-electron chi connectivity index (χ0n) is 10.2. The summed E-state index contributed by atoms with van der Waals surface area (Å²) < 4.78 is 0.697. The summed E-state index contributed by atoms with van der Waals surface area (Å²) in [5.41, 5.74) is 5.11. The predicted molar refractivity (Wildman–Crippen MR) is 76.5 cm³/mol. The highest BCUT2D eigenvalue weighted by atomic mass is 79.9. The number of aliphatic carboxylic acids is 1. The number of benzene rings is 1. The average molecular weight is 364 g/mol. The van der Waals surface area contributed by atoms with Crippen LogP contribution in [0.25, 0.3) is 0 Å². The first-order valence-corrected chi connectivity index (χ1v) is 6.75. The summed E-state index contributed by atoms with van der Waals surface area (Å²) in [4.78, 5) is 33.6. The first kappa shape index (κ1) is 16.5. The molecule has 0 bridgehead atoms. The zero-order valence-corrected chi connectivity index (χ0v) is 12.6. The fraction of sp³-hybridized carbons (Fsp3) is 0.250. The maximum absolute atomic E-state index is 11.9. The highest BCUT2D eigenvalue weighted by molar-refractivity contribution is 9.10. The number of halogens is 2. The molecule has 108 valence electrons. The molecule has 0 aromatic heterocycles. The van der Waals surface area contributed by atoms with E-state index in [-0.39, 0.29) is 23.4 Å². The fourth-order valence-electron chi connectivity index (χ4n) is 1.45. The molecule has 0 aliphatic heterocycles. The van der Waals surface area contributed by atoms with Crippen LogP contribution in [-0.2, 0) is 9.59 Å². The molecule has 4 N–H and O–H groups in total. The van der Waals surface area contributed by atoms with Crippen LogP contribution in [0.5, 0.6) is 0 Å². The Kier molecular flexibility index (Phi) is 5.97. The van der Waals surface area contributed by atoms with Crippen molar-refractivity contribution in [2.45, 2.75) is 18.9 Å². The molecule has 0 saturated carbocycles. The fourth-order valence-corrected chi connectivity index (χ4v) is 2.21. The van der Waals surface area contributed by atoms with Gasteiger partial charge in [-0.15, -0.1) is 0 Å². The van der Waals surface area contributed by atoms with E-state index in [1.165, 1.54) is 12.1 Å². The summed E-state index contributed by atoms with van der Waals surface area (Å²) in [6, 6.07) is 3.40. The molecule has 1 aromatic rings. The van der Waals surface area contributed by atoms with Gasteiger partial charge in [0.2, 0.25) is 5.91 Å².